The summed E-state index contributed by atoms with van der Waals surface area (Å²) < 4.78 is 33.5. The highest BCUT2D eigenvalue weighted by Gasteiger charge is 2.23. The van der Waals surface area contributed by atoms with Gasteiger partial charge in [-0.2, -0.15) is 4.98 Å². The van der Waals surface area contributed by atoms with Gasteiger partial charge in [-0.3, -0.25) is 4.79 Å². The van der Waals surface area contributed by atoms with Gasteiger partial charge in [0.25, 0.3) is 10.0 Å². The van der Waals surface area contributed by atoms with Crippen LogP contribution in [0.5, 0.6) is 0 Å². The Morgan fingerprint density at radius 1 is 1.07 bits per heavy atom. The van der Waals surface area contributed by atoms with Crippen LogP contribution in [0.1, 0.15) is 6.99 Å². The predicted molar refractivity (Wildman–Crippen MR) is 104 cm³/mol. The van der Waals surface area contributed by atoms with Crippen LogP contribution in [0.4, 0.5) is 0 Å². The van der Waals surface area contributed by atoms with Crippen molar-refractivity contribution < 1.29 is 26.7 Å². The smallest absolute Gasteiger partial charge is 1.00 e. The maximum Gasteiger partial charge on any atom is 1.00 e. The number of halogens is 2. The zero-order valence-corrected chi connectivity index (χ0v) is 17.0. The van der Waals surface area contributed by atoms with E-state index >= 15 is 0 Å². The molecule has 4 heterocycles. The van der Waals surface area contributed by atoms with E-state index in [1.165, 1.54) is 30.7 Å². The van der Waals surface area contributed by atoms with Crippen LogP contribution in [0.15, 0.2) is 63.0 Å². The lowest BCUT2D eigenvalue weighted by Gasteiger charge is -2.09. The van der Waals surface area contributed by atoms with E-state index in [0.29, 0.717) is 10.9 Å². The maximum absolute atomic E-state index is 13.1. The van der Waals surface area contributed by atoms with Crippen molar-refractivity contribution in [3.63, 3.8) is 0 Å². The van der Waals surface area contributed by atoms with Gasteiger partial charge in [-0.1, -0.05) is 17.7 Å². The van der Waals surface area contributed by atoms with E-state index in [-0.39, 0.29) is 40.9 Å². The average Bonchev–Trinajstić information content (AvgIpc) is 3.29. The minimum Gasteiger partial charge on any atom is -1.00 e. The Morgan fingerprint density at radius 2 is 1.79 bits per heavy atom. The SMILES string of the molecule is Cc1ccc(S(=O)(=O)n2ccc3c2nc(Cl)n2c(=O)c4occc4nc32)cc1.[Cl-].[H+]. The monoisotopic (exact) mass is 450 g/mol. The number of hydrogen-bond donors (Lipinski definition) is 0. The molecule has 0 aliphatic heterocycles. The van der Waals surface area contributed by atoms with Gasteiger partial charge in [0, 0.05) is 12.3 Å². The van der Waals surface area contributed by atoms with Crippen molar-refractivity contribution in [1.82, 2.24) is 18.3 Å². The lowest BCUT2D eigenvalue weighted by atomic mass is 10.2. The van der Waals surface area contributed by atoms with Crippen molar-refractivity contribution in [1.29, 1.82) is 0 Å². The third-order valence-electron chi connectivity index (χ3n) is 4.51. The third kappa shape index (κ3) is 2.73. The Labute approximate surface area is 176 Å². The molecule has 148 valence electrons. The number of rotatable bonds is 2. The first-order valence-electron chi connectivity index (χ1n) is 8.17. The largest absolute Gasteiger partial charge is 1.00 e. The standard InChI is InChI=1S/C18H11ClN4O4S.ClH/c1-10-2-4-11(5-3-10)28(25,26)22-8-6-12-15(22)21-18(19)23-16(12)20-13-7-9-27-14(13)17(23)24;/h2-9H,1H3;1H. The Kier molecular flexibility index (Phi) is 4.41. The van der Waals surface area contributed by atoms with Gasteiger partial charge in [0.05, 0.1) is 16.5 Å². The van der Waals surface area contributed by atoms with Crippen LogP contribution in [-0.4, -0.2) is 26.8 Å². The molecule has 0 spiro atoms. The summed E-state index contributed by atoms with van der Waals surface area (Å²) in [6.07, 6.45) is 2.72. The summed E-state index contributed by atoms with van der Waals surface area (Å²) >= 11 is 6.22. The second-order valence-corrected chi connectivity index (χ2v) is 8.41. The summed E-state index contributed by atoms with van der Waals surface area (Å²) in [5.41, 5.74) is 1.11. The topological polar surface area (TPSA) is 99.5 Å². The third-order valence-corrected chi connectivity index (χ3v) is 6.44. The molecule has 11 heteroatoms. The molecule has 0 amide bonds. The molecule has 0 N–H and O–H groups in total. The fraction of sp³-hybridized carbons (Fsp3) is 0.0556. The highest BCUT2D eigenvalue weighted by molar-refractivity contribution is 7.90. The zero-order chi connectivity index (χ0) is 19.6. The van der Waals surface area contributed by atoms with Crippen LogP contribution >= 0.6 is 11.6 Å². The number of aryl methyl sites for hydroxylation is 1. The summed E-state index contributed by atoms with van der Waals surface area (Å²) in [4.78, 5) is 21.3. The fourth-order valence-corrected chi connectivity index (χ4v) is 4.64. The van der Waals surface area contributed by atoms with Crippen molar-refractivity contribution in [3.8, 4) is 0 Å². The van der Waals surface area contributed by atoms with E-state index in [4.69, 9.17) is 16.0 Å². The molecule has 0 saturated heterocycles. The Hall–Kier alpha value is -2.88. The van der Waals surface area contributed by atoms with E-state index in [1.54, 1.807) is 18.2 Å². The minimum absolute atomic E-state index is 0. The van der Waals surface area contributed by atoms with Crippen molar-refractivity contribution >= 4 is 49.4 Å². The Balaban J connectivity index is 0.00000128. The maximum atomic E-state index is 13.1. The number of benzene rings is 1. The molecule has 0 aliphatic carbocycles. The number of nitrogens with zero attached hydrogens (tertiary/aromatic N) is 4. The van der Waals surface area contributed by atoms with Crippen LogP contribution in [0.25, 0.3) is 27.8 Å². The summed E-state index contributed by atoms with van der Waals surface area (Å²) in [6, 6.07) is 9.57. The molecule has 0 fully saturated rings. The number of hydrogen-bond acceptors (Lipinski definition) is 6. The van der Waals surface area contributed by atoms with E-state index in [2.05, 4.69) is 9.97 Å². The zero-order valence-electron chi connectivity index (χ0n) is 15.7. The van der Waals surface area contributed by atoms with Gasteiger partial charge in [-0.05, 0) is 36.7 Å². The van der Waals surface area contributed by atoms with Crippen LogP contribution in [-0.2, 0) is 10.0 Å². The second kappa shape index (κ2) is 6.58. The van der Waals surface area contributed by atoms with Gasteiger partial charge in [0.2, 0.25) is 10.9 Å². The molecule has 0 bridgehead atoms. The van der Waals surface area contributed by atoms with Crippen molar-refractivity contribution in [2.45, 2.75) is 11.8 Å². The van der Waals surface area contributed by atoms with Crippen molar-refractivity contribution in [2.75, 3.05) is 0 Å². The van der Waals surface area contributed by atoms with Crippen molar-refractivity contribution in [2.24, 2.45) is 0 Å². The highest BCUT2D eigenvalue weighted by Crippen LogP contribution is 2.26. The molecule has 1 aromatic carbocycles. The fourth-order valence-electron chi connectivity index (χ4n) is 3.11. The molecular weight excluding hydrogens is 439 g/mol. The molecule has 8 nitrogen and oxygen atoms in total. The highest BCUT2D eigenvalue weighted by atomic mass is 35.5. The number of aromatic nitrogens is 4. The van der Waals surface area contributed by atoms with Gasteiger partial charge < -0.3 is 16.8 Å². The van der Waals surface area contributed by atoms with Crippen molar-refractivity contribution in [3.05, 3.63) is 70.1 Å². The lowest BCUT2D eigenvalue weighted by Crippen LogP contribution is -3.00. The molecule has 0 atom stereocenters. The van der Waals surface area contributed by atoms with Gasteiger partial charge in [0.1, 0.15) is 5.52 Å². The van der Waals surface area contributed by atoms with Crippen LogP contribution in [0.3, 0.4) is 0 Å². The van der Waals surface area contributed by atoms with Crippen LogP contribution in [0, 0.1) is 6.92 Å². The summed E-state index contributed by atoms with van der Waals surface area (Å²) in [5.74, 6) is 0. The molecule has 0 unspecified atom stereocenters. The summed E-state index contributed by atoms with van der Waals surface area (Å²) in [5, 5.41) is 0.164. The molecular formula is C18H12Cl2N4O4S. The van der Waals surface area contributed by atoms with Gasteiger partial charge in [-0.25, -0.2) is 21.8 Å². The lowest BCUT2D eigenvalue weighted by molar-refractivity contribution is -0.00000862. The quantitative estimate of drug-likeness (QED) is 0.353. The van der Waals surface area contributed by atoms with E-state index < -0.39 is 15.6 Å². The van der Waals surface area contributed by atoms with Crippen LogP contribution < -0.4 is 18.0 Å². The van der Waals surface area contributed by atoms with E-state index in [1.807, 2.05) is 6.92 Å². The molecule has 5 rings (SSSR count). The minimum atomic E-state index is -3.90. The molecule has 4 aromatic heterocycles. The molecule has 29 heavy (non-hydrogen) atoms. The molecule has 0 aliphatic rings. The number of fused-ring (bicyclic) bond motifs is 4. The Morgan fingerprint density at radius 3 is 2.52 bits per heavy atom. The Bertz CT molecular complexity index is 1570. The van der Waals surface area contributed by atoms with Crippen LogP contribution in [0.2, 0.25) is 5.28 Å². The summed E-state index contributed by atoms with van der Waals surface area (Å²) in [7, 11) is -3.90. The molecule has 0 saturated carbocycles. The molecule has 5 aromatic rings. The van der Waals surface area contributed by atoms with Gasteiger partial charge >= 0.3 is 6.99 Å². The molecule has 0 radical (unpaired) electrons. The number of furan rings is 1. The summed E-state index contributed by atoms with van der Waals surface area (Å²) in [6.45, 7) is 1.87. The first-order chi connectivity index (χ1) is 13.4. The predicted octanol–water partition coefficient (Wildman–Crippen LogP) is 0.106. The normalized spacial score (nSPS) is 11.9. The first-order valence-corrected chi connectivity index (χ1v) is 9.98. The van der Waals surface area contributed by atoms with Gasteiger partial charge in [-0.15, -0.1) is 0 Å². The van der Waals surface area contributed by atoms with Gasteiger partial charge in [0.15, 0.2) is 11.3 Å². The average molecular weight is 451 g/mol. The van der Waals surface area contributed by atoms with E-state index in [9.17, 15) is 13.2 Å². The first kappa shape index (κ1) is 19.4. The van der Waals surface area contributed by atoms with E-state index in [0.717, 1.165) is 13.9 Å². The second-order valence-electron chi connectivity index (χ2n) is 6.26.